The third kappa shape index (κ3) is 4.35. The Morgan fingerprint density at radius 1 is 1.10 bits per heavy atom. The highest BCUT2D eigenvalue weighted by molar-refractivity contribution is 7.89. The summed E-state index contributed by atoms with van der Waals surface area (Å²) in [7, 11) is -3.44. The van der Waals surface area contributed by atoms with Gasteiger partial charge in [-0.2, -0.15) is 14.4 Å². The van der Waals surface area contributed by atoms with Crippen LogP contribution in [-0.4, -0.2) is 45.6 Å². The molecule has 31 heavy (non-hydrogen) atoms. The second-order valence-electron chi connectivity index (χ2n) is 8.84. The molecule has 1 saturated heterocycles. The zero-order chi connectivity index (χ0) is 22.2. The SMILES string of the molecule is CC(C)(C)n1ncc2c(=O)[nH]c(NCc3ccc(S(=O)(=O)N4CCCCC4)cc3)nc21. The highest BCUT2D eigenvalue weighted by atomic mass is 32.2. The number of benzene rings is 1. The van der Waals surface area contributed by atoms with Crippen molar-refractivity contribution in [1.82, 2.24) is 24.1 Å². The molecular formula is C21H28N6O3S. The number of fused-ring (bicyclic) bond motifs is 1. The lowest BCUT2D eigenvalue weighted by Gasteiger charge is -2.25. The van der Waals surface area contributed by atoms with Gasteiger partial charge in [-0.15, -0.1) is 0 Å². The molecule has 0 saturated carbocycles. The number of hydrogen-bond acceptors (Lipinski definition) is 6. The number of nitrogens with one attached hydrogen (secondary N) is 2. The molecule has 1 aromatic carbocycles. The maximum atomic E-state index is 12.8. The minimum atomic E-state index is -3.44. The van der Waals surface area contributed by atoms with Gasteiger partial charge < -0.3 is 5.32 Å². The summed E-state index contributed by atoms with van der Waals surface area (Å²) in [5, 5.41) is 7.86. The predicted molar refractivity (Wildman–Crippen MR) is 120 cm³/mol. The smallest absolute Gasteiger partial charge is 0.263 e. The Balaban J connectivity index is 1.51. The fraction of sp³-hybridized carbons (Fsp3) is 0.476. The van der Waals surface area contributed by atoms with Crippen molar-refractivity contribution < 1.29 is 8.42 Å². The number of rotatable bonds is 5. The lowest BCUT2D eigenvalue weighted by molar-refractivity contribution is 0.346. The fourth-order valence-corrected chi connectivity index (χ4v) is 5.23. The summed E-state index contributed by atoms with van der Waals surface area (Å²) in [6, 6.07) is 6.82. The van der Waals surface area contributed by atoms with Gasteiger partial charge >= 0.3 is 0 Å². The summed E-state index contributed by atoms with van der Waals surface area (Å²) in [5.74, 6) is 0.341. The monoisotopic (exact) mass is 444 g/mol. The molecule has 1 aliphatic rings. The Morgan fingerprint density at radius 2 is 1.77 bits per heavy atom. The molecule has 0 aliphatic carbocycles. The van der Waals surface area contributed by atoms with Crippen LogP contribution in [-0.2, 0) is 22.1 Å². The normalized spacial score (nSPS) is 16.0. The van der Waals surface area contributed by atoms with Gasteiger partial charge in [0, 0.05) is 19.6 Å². The molecule has 9 nitrogen and oxygen atoms in total. The standard InChI is InChI=1S/C21H28N6O3S/c1-21(2,3)27-18-17(14-23-27)19(28)25-20(24-18)22-13-15-7-9-16(10-8-15)31(29,30)26-11-5-4-6-12-26/h7-10,14H,4-6,11-13H2,1-3H3,(H2,22,24,25,28). The summed E-state index contributed by atoms with van der Waals surface area (Å²) in [6.45, 7) is 7.54. The zero-order valence-corrected chi connectivity index (χ0v) is 18.9. The van der Waals surface area contributed by atoms with Crippen LogP contribution in [0.3, 0.4) is 0 Å². The van der Waals surface area contributed by atoms with Gasteiger partial charge in [-0.25, -0.2) is 13.1 Å². The molecule has 2 aromatic heterocycles. The molecule has 1 fully saturated rings. The van der Waals surface area contributed by atoms with E-state index in [4.69, 9.17) is 0 Å². The molecule has 10 heteroatoms. The van der Waals surface area contributed by atoms with Crippen LogP contribution in [0.4, 0.5) is 5.95 Å². The van der Waals surface area contributed by atoms with Crippen LogP contribution in [0.2, 0.25) is 0 Å². The van der Waals surface area contributed by atoms with Crippen molar-refractivity contribution >= 4 is 27.0 Å². The first-order valence-electron chi connectivity index (χ1n) is 10.5. The van der Waals surface area contributed by atoms with E-state index in [2.05, 4.69) is 20.4 Å². The summed E-state index contributed by atoms with van der Waals surface area (Å²) < 4.78 is 28.8. The van der Waals surface area contributed by atoms with Crippen molar-refractivity contribution in [1.29, 1.82) is 0 Å². The minimum Gasteiger partial charge on any atom is -0.352 e. The van der Waals surface area contributed by atoms with Crippen molar-refractivity contribution in [2.24, 2.45) is 0 Å². The molecule has 2 N–H and O–H groups in total. The van der Waals surface area contributed by atoms with E-state index in [-0.39, 0.29) is 11.1 Å². The molecule has 166 valence electrons. The first-order chi connectivity index (χ1) is 14.7. The van der Waals surface area contributed by atoms with E-state index >= 15 is 0 Å². The second-order valence-corrected chi connectivity index (χ2v) is 10.8. The van der Waals surface area contributed by atoms with Gasteiger partial charge in [-0.1, -0.05) is 18.6 Å². The van der Waals surface area contributed by atoms with E-state index in [0.29, 0.717) is 41.5 Å². The molecule has 0 bridgehead atoms. The molecule has 3 aromatic rings. The summed E-state index contributed by atoms with van der Waals surface area (Å²) >= 11 is 0. The number of sulfonamides is 1. The minimum absolute atomic E-state index is 0.258. The quantitative estimate of drug-likeness (QED) is 0.626. The number of H-pyrrole nitrogens is 1. The fourth-order valence-electron chi connectivity index (χ4n) is 3.71. The highest BCUT2D eigenvalue weighted by Gasteiger charge is 2.25. The van der Waals surface area contributed by atoms with Crippen LogP contribution in [0.25, 0.3) is 11.0 Å². The van der Waals surface area contributed by atoms with Crippen molar-refractivity contribution in [3.63, 3.8) is 0 Å². The van der Waals surface area contributed by atoms with Gasteiger partial charge in [0.2, 0.25) is 16.0 Å². The number of anilines is 1. The van der Waals surface area contributed by atoms with E-state index in [9.17, 15) is 13.2 Å². The van der Waals surface area contributed by atoms with E-state index < -0.39 is 10.0 Å². The maximum Gasteiger partial charge on any atom is 0.263 e. The van der Waals surface area contributed by atoms with Gasteiger partial charge in [-0.05, 0) is 51.3 Å². The van der Waals surface area contributed by atoms with E-state index in [1.807, 2.05) is 20.8 Å². The molecular weight excluding hydrogens is 416 g/mol. The van der Waals surface area contributed by atoms with Crippen molar-refractivity contribution in [2.75, 3.05) is 18.4 Å². The zero-order valence-electron chi connectivity index (χ0n) is 18.1. The van der Waals surface area contributed by atoms with Crippen LogP contribution < -0.4 is 10.9 Å². The Bertz CT molecular complexity index is 1230. The van der Waals surface area contributed by atoms with Gasteiger partial charge in [0.1, 0.15) is 5.39 Å². The average molecular weight is 445 g/mol. The van der Waals surface area contributed by atoms with Crippen molar-refractivity contribution in [3.8, 4) is 0 Å². The van der Waals surface area contributed by atoms with Crippen LogP contribution in [0.1, 0.15) is 45.6 Å². The van der Waals surface area contributed by atoms with Crippen molar-refractivity contribution in [3.05, 3.63) is 46.4 Å². The Morgan fingerprint density at radius 3 is 2.42 bits per heavy atom. The van der Waals surface area contributed by atoms with Crippen LogP contribution in [0.5, 0.6) is 0 Å². The van der Waals surface area contributed by atoms with Crippen LogP contribution in [0, 0.1) is 0 Å². The predicted octanol–water partition coefficient (Wildman–Crippen LogP) is 2.66. The van der Waals surface area contributed by atoms with Crippen molar-refractivity contribution in [2.45, 2.75) is 57.0 Å². The molecule has 0 amide bonds. The Labute approximate surface area is 181 Å². The molecule has 0 unspecified atom stereocenters. The molecule has 0 radical (unpaired) electrons. The molecule has 4 rings (SSSR count). The lowest BCUT2D eigenvalue weighted by Crippen LogP contribution is -2.35. The molecule has 0 atom stereocenters. The Hall–Kier alpha value is -2.72. The van der Waals surface area contributed by atoms with Crippen LogP contribution >= 0.6 is 0 Å². The summed E-state index contributed by atoms with van der Waals surface area (Å²) in [4.78, 5) is 20.0. The number of piperidine rings is 1. The lowest BCUT2D eigenvalue weighted by atomic mass is 10.1. The van der Waals surface area contributed by atoms with E-state index in [1.54, 1.807) is 33.3 Å². The summed E-state index contributed by atoms with van der Waals surface area (Å²) in [6.07, 6.45) is 4.42. The summed E-state index contributed by atoms with van der Waals surface area (Å²) in [5.41, 5.74) is 0.826. The first kappa shape index (κ1) is 21.5. The number of aromatic nitrogens is 4. The first-order valence-corrected chi connectivity index (χ1v) is 11.9. The number of aromatic amines is 1. The second kappa shape index (κ2) is 8.08. The third-order valence-electron chi connectivity index (χ3n) is 5.41. The maximum absolute atomic E-state index is 12.8. The topological polar surface area (TPSA) is 113 Å². The Kier molecular flexibility index (Phi) is 5.61. The number of hydrogen-bond donors (Lipinski definition) is 2. The largest absolute Gasteiger partial charge is 0.352 e. The molecule has 3 heterocycles. The third-order valence-corrected chi connectivity index (χ3v) is 7.32. The van der Waals surface area contributed by atoms with E-state index in [0.717, 1.165) is 24.8 Å². The van der Waals surface area contributed by atoms with Gasteiger partial charge in [-0.3, -0.25) is 9.78 Å². The van der Waals surface area contributed by atoms with Gasteiger partial charge in [0.05, 0.1) is 16.6 Å². The average Bonchev–Trinajstić information content (AvgIpc) is 3.18. The molecule has 0 spiro atoms. The van der Waals surface area contributed by atoms with Gasteiger partial charge in [0.15, 0.2) is 5.65 Å². The number of nitrogens with zero attached hydrogens (tertiary/aromatic N) is 4. The molecule has 1 aliphatic heterocycles. The van der Waals surface area contributed by atoms with Crippen LogP contribution in [0.15, 0.2) is 40.2 Å². The van der Waals surface area contributed by atoms with Gasteiger partial charge in [0.25, 0.3) is 5.56 Å². The van der Waals surface area contributed by atoms with E-state index in [1.165, 1.54) is 6.20 Å². The highest BCUT2D eigenvalue weighted by Crippen LogP contribution is 2.22.